The van der Waals surface area contributed by atoms with E-state index in [1.54, 1.807) is 5.57 Å². The maximum atomic E-state index is 2.68. The molecule has 0 spiro atoms. The van der Waals surface area contributed by atoms with Gasteiger partial charge in [-0.2, -0.15) is 0 Å². The predicted octanol–water partition coefficient (Wildman–Crippen LogP) is 6.82. The Labute approximate surface area is 140 Å². The average Bonchev–Trinajstić information content (AvgIpc) is 3.10. The molecule has 0 heteroatoms. The Morgan fingerprint density at radius 1 is 1.00 bits per heavy atom. The highest BCUT2D eigenvalue weighted by molar-refractivity contribution is 5.25. The highest BCUT2D eigenvalue weighted by Gasteiger charge is 2.57. The van der Waals surface area contributed by atoms with Gasteiger partial charge in [-0.3, -0.25) is 0 Å². The maximum absolute atomic E-state index is 2.68. The van der Waals surface area contributed by atoms with Crippen LogP contribution in [0, 0.1) is 53.3 Å². The molecule has 7 atom stereocenters. The van der Waals surface area contributed by atoms with E-state index in [1.165, 1.54) is 19.3 Å². The summed E-state index contributed by atoms with van der Waals surface area (Å²) < 4.78 is 0. The third-order valence-electron chi connectivity index (χ3n) is 6.94. The normalized spacial score (nSPS) is 35.1. The fourth-order valence-electron chi connectivity index (χ4n) is 5.29. The summed E-state index contributed by atoms with van der Waals surface area (Å²) in [6.07, 6.45) is 6.82. The lowest BCUT2D eigenvalue weighted by Gasteiger charge is -2.34. The smallest absolute Gasteiger partial charge is 0.0159 e. The molecule has 0 aromatic carbocycles. The first-order chi connectivity index (χ1) is 10.3. The van der Waals surface area contributed by atoms with Crippen LogP contribution in [0.4, 0.5) is 0 Å². The van der Waals surface area contributed by atoms with Crippen LogP contribution in [0.15, 0.2) is 11.6 Å². The second-order valence-corrected chi connectivity index (χ2v) is 9.37. The quantitative estimate of drug-likeness (QED) is 0.432. The van der Waals surface area contributed by atoms with Gasteiger partial charge in [0, 0.05) is 0 Å². The third kappa shape index (κ3) is 3.62. The zero-order valence-electron chi connectivity index (χ0n) is 16.4. The predicted molar refractivity (Wildman–Crippen MR) is 98.7 cm³/mol. The van der Waals surface area contributed by atoms with Crippen LogP contribution in [0.5, 0.6) is 0 Å². The molecule has 0 radical (unpaired) electrons. The van der Waals surface area contributed by atoms with Crippen LogP contribution in [0.1, 0.15) is 74.7 Å². The minimum atomic E-state index is 0.803. The molecule has 0 bridgehead atoms. The van der Waals surface area contributed by atoms with Gasteiger partial charge in [-0.05, 0) is 66.1 Å². The first-order valence-electron chi connectivity index (χ1n) is 9.98. The van der Waals surface area contributed by atoms with E-state index in [4.69, 9.17) is 0 Å². The molecule has 2 rings (SSSR count). The van der Waals surface area contributed by atoms with Crippen molar-refractivity contribution in [2.45, 2.75) is 74.7 Å². The number of hydrogen-bond acceptors (Lipinski definition) is 0. The zero-order chi connectivity index (χ0) is 16.6. The summed E-state index contributed by atoms with van der Waals surface area (Å²) >= 11 is 0. The highest BCUT2D eigenvalue weighted by Crippen LogP contribution is 2.62. The van der Waals surface area contributed by atoms with Gasteiger partial charge < -0.3 is 0 Å². The molecule has 22 heavy (non-hydrogen) atoms. The topological polar surface area (TPSA) is 0 Å². The second-order valence-electron chi connectivity index (χ2n) is 9.37. The average molecular weight is 305 g/mol. The third-order valence-corrected chi connectivity index (χ3v) is 6.94. The van der Waals surface area contributed by atoms with Gasteiger partial charge in [0.1, 0.15) is 0 Å². The second kappa shape index (κ2) is 7.10. The lowest BCUT2D eigenvalue weighted by atomic mass is 9.71. The fourth-order valence-corrected chi connectivity index (χ4v) is 5.29. The SMILES string of the molecule is CCC(C)C1C(C(C)C)C1C1C=C(C(C)C(C)CC(C)C)C1. The standard InChI is InChI=1S/C22H40/c1-9-15(6)21-20(14(4)5)22(21)19-11-18(12-19)17(8)16(7)10-13(2)3/h11,13-17,19-22H,9-10,12H2,1-8H3. The molecule has 0 N–H and O–H groups in total. The van der Waals surface area contributed by atoms with E-state index < -0.39 is 0 Å². The Hall–Kier alpha value is -0.260. The summed E-state index contributed by atoms with van der Waals surface area (Å²) in [5, 5.41) is 0. The maximum Gasteiger partial charge on any atom is -0.0159 e. The van der Waals surface area contributed by atoms with Gasteiger partial charge in [-0.25, -0.2) is 0 Å². The van der Waals surface area contributed by atoms with E-state index in [9.17, 15) is 0 Å². The van der Waals surface area contributed by atoms with Gasteiger partial charge >= 0.3 is 0 Å². The monoisotopic (exact) mass is 304 g/mol. The van der Waals surface area contributed by atoms with Crippen molar-refractivity contribution < 1.29 is 0 Å². The summed E-state index contributed by atoms with van der Waals surface area (Å²) in [5.41, 5.74) is 1.77. The first-order valence-corrected chi connectivity index (χ1v) is 9.98. The molecule has 0 aromatic rings. The lowest BCUT2D eigenvalue weighted by Crippen LogP contribution is -2.23. The molecule has 0 heterocycles. The molecule has 1 fully saturated rings. The molecule has 128 valence electrons. The van der Waals surface area contributed by atoms with Gasteiger partial charge in [0.2, 0.25) is 0 Å². The first kappa shape index (κ1) is 18.1. The Kier molecular flexibility index (Phi) is 5.84. The van der Waals surface area contributed by atoms with Crippen LogP contribution in [-0.4, -0.2) is 0 Å². The highest BCUT2D eigenvalue weighted by atomic mass is 14.6. The summed E-state index contributed by atoms with van der Waals surface area (Å²) in [6, 6.07) is 0. The Balaban J connectivity index is 1.93. The van der Waals surface area contributed by atoms with Crippen molar-refractivity contribution in [1.82, 2.24) is 0 Å². The summed E-state index contributed by atoms with van der Waals surface area (Å²) in [7, 11) is 0. The molecule has 0 aliphatic heterocycles. The molecule has 2 aliphatic rings. The van der Waals surface area contributed by atoms with Crippen molar-refractivity contribution in [3.63, 3.8) is 0 Å². The molecule has 0 amide bonds. The van der Waals surface area contributed by atoms with Crippen LogP contribution >= 0.6 is 0 Å². The summed E-state index contributed by atoms with van der Waals surface area (Å²) in [5.74, 6) is 8.21. The molecule has 2 aliphatic carbocycles. The van der Waals surface area contributed by atoms with Crippen LogP contribution in [-0.2, 0) is 0 Å². The Morgan fingerprint density at radius 2 is 1.59 bits per heavy atom. The number of rotatable bonds is 8. The van der Waals surface area contributed by atoms with Crippen molar-refractivity contribution in [2.24, 2.45) is 53.3 Å². The summed E-state index contributed by atoms with van der Waals surface area (Å²) in [4.78, 5) is 0. The van der Waals surface area contributed by atoms with Crippen LogP contribution in [0.3, 0.4) is 0 Å². The lowest BCUT2D eigenvalue weighted by molar-refractivity contribution is 0.316. The van der Waals surface area contributed by atoms with Gasteiger partial charge in [0.25, 0.3) is 0 Å². The number of hydrogen-bond donors (Lipinski definition) is 0. The van der Waals surface area contributed by atoms with E-state index in [2.05, 4.69) is 61.5 Å². The van der Waals surface area contributed by atoms with Crippen LogP contribution < -0.4 is 0 Å². The van der Waals surface area contributed by atoms with Crippen molar-refractivity contribution in [3.05, 3.63) is 11.6 Å². The van der Waals surface area contributed by atoms with Gasteiger partial charge in [-0.15, -0.1) is 0 Å². The van der Waals surface area contributed by atoms with E-state index in [1.807, 2.05) is 0 Å². The largest absolute Gasteiger partial charge is 0.0813 e. The van der Waals surface area contributed by atoms with Crippen molar-refractivity contribution >= 4 is 0 Å². The minimum absolute atomic E-state index is 0.803. The molecule has 0 aromatic heterocycles. The molecule has 1 saturated carbocycles. The fraction of sp³-hybridized carbons (Fsp3) is 0.909. The van der Waals surface area contributed by atoms with Crippen LogP contribution in [0.2, 0.25) is 0 Å². The zero-order valence-corrected chi connectivity index (χ0v) is 16.4. The van der Waals surface area contributed by atoms with Gasteiger partial charge in [-0.1, -0.05) is 73.5 Å². The van der Waals surface area contributed by atoms with Crippen molar-refractivity contribution in [1.29, 1.82) is 0 Å². The summed E-state index contributed by atoms with van der Waals surface area (Å²) in [6.45, 7) is 19.4. The Morgan fingerprint density at radius 3 is 2.05 bits per heavy atom. The van der Waals surface area contributed by atoms with E-state index >= 15 is 0 Å². The van der Waals surface area contributed by atoms with E-state index in [0.717, 1.165) is 53.3 Å². The Bertz CT molecular complexity index is 389. The van der Waals surface area contributed by atoms with E-state index in [-0.39, 0.29) is 0 Å². The molecular weight excluding hydrogens is 264 g/mol. The van der Waals surface area contributed by atoms with Crippen LogP contribution in [0.25, 0.3) is 0 Å². The number of allylic oxidation sites excluding steroid dienone is 2. The molecule has 0 nitrogen and oxygen atoms in total. The van der Waals surface area contributed by atoms with E-state index in [0.29, 0.717) is 0 Å². The molecule has 0 saturated heterocycles. The minimum Gasteiger partial charge on any atom is -0.0813 e. The van der Waals surface area contributed by atoms with Gasteiger partial charge in [0.05, 0.1) is 0 Å². The van der Waals surface area contributed by atoms with Crippen molar-refractivity contribution in [3.8, 4) is 0 Å². The van der Waals surface area contributed by atoms with Gasteiger partial charge in [0.15, 0.2) is 0 Å². The van der Waals surface area contributed by atoms with Crippen molar-refractivity contribution in [2.75, 3.05) is 0 Å². The molecular formula is C22H40. The molecule has 7 unspecified atom stereocenters.